The summed E-state index contributed by atoms with van der Waals surface area (Å²) in [6.07, 6.45) is 4.36. The highest BCUT2D eigenvalue weighted by Gasteiger charge is 2.15. The van der Waals surface area contributed by atoms with Crippen LogP contribution in [0.2, 0.25) is 0 Å². The van der Waals surface area contributed by atoms with Crippen LogP contribution >= 0.6 is 0 Å². The van der Waals surface area contributed by atoms with Gasteiger partial charge in [-0.2, -0.15) is 5.12 Å². The first kappa shape index (κ1) is 4.33. The lowest BCUT2D eigenvalue weighted by molar-refractivity contribution is 0.160. The second kappa shape index (κ2) is 1.35. The quantitative estimate of drug-likeness (QED) is 0.296. The standard InChI is InChI=1S/C3H7N4/c1-6-2-3-7(4)5-6/h3,5H,4H2,1H3/q+1. The summed E-state index contributed by atoms with van der Waals surface area (Å²) in [6, 6.07) is 0. The molecule has 0 aliphatic carbocycles. The first-order valence-corrected chi connectivity index (χ1v) is 1.92. The molecular formula is C3H7N4+. The summed E-state index contributed by atoms with van der Waals surface area (Å²) in [6.45, 7) is 0. The van der Waals surface area contributed by atoms with Crippen LogP contribution < -0.4 is 11.4 Å². The maximum absolute atomic E-state index is 5.19. The lowest BCUT2D eigenvalue weighted by Crippen LogP contribution is -2.41. The molecule has 0 amide bonds. The van der Waals surface area contributed by atoms with E-state index >= 15 is 0 Å². The number of nitrogens with one attached hydrogen (secondary N) is 1. The minimum atomic E-state index is 1.32. The Labute approximate surface area is 42.1 Å². The second-order valence-corrected chi connectivity index (χ2v) is 1.32. The molecule has 1 heterocycles. The molecule has 7 heavy (non-hydrogen) atoms. The Morgan fingerprint density at radius 3 is 2.71 bits per heavy atom. The Hall–Kier alpha value is -0.830. The van der Waals surface area contributed by atoms with Crippen LogP contribution in [0.3, 0.4) is 0 Å². The van der Waals surface area contributed by atoms with Gasteiger partial charge in [0, 0.05) is 0 Å². The molecule has 4 nitrogen and oxygen atoms in total. The normalized spacial score (nSPS) is 18.0. The van der Waals surface area contributed by atoms with E-state index in [1.807, 2.05) is 7.05 Å². The maximum atomic E-state index is 5.19. The van der Waals surface area contributed by atoms with Crippen molar-refractivity contribution in [2.75, 3.05) is 7.05 Å². The van der Waals surface area contributed by atoms with Crippen molar-refractivity contribution in [3.8, 4) is 0 Å². The van der Waals surface area contributed by atoms with Crippen LogP contribution in [0.1, 0.15) is 0 Å². The van der Waals surface area contributed by atoms with Crippen molar-refractivity contribution in [2.45, 2.75) is 0 Å². The molecule has 0 saturated carbocycles. The molecule has 0 unspecified atom stereocenters. The molecule has 0 aromatic heterocycles. The molecule has 0 atom stereocenters. The molecule has 0 aromatic rings. The van der Waals surface area contributed by atoms with Crippen molar-refractivity contribution in [3.63, 3.8) is 0 Å². The van der Waals surface area contributed by atoms with Gasteiger partial charge in [-0.25, -0.2) is 5.84 Å². The fraction of sp³-hybridized carbons (Fsp3) is 0.333. The topological polar surface area (TPSA) is 44.5 Å². The number of hydrogen-bond donors (Lipinski definition) is 2. The number of nitrogens with two attached hydrogens (primary N) is 1. The smallest absolute Gasteiger partial charge is 0.227 e. The van der Waals surface area contributed by atoms with Gasteiger partial charge in [-0.1, -0.05) is 10.5 Å². The first-order valence-electron chi connectivity index (χ1n) is 1.92. The van der Waals surface area contributed by atoms with Crippen molar-refractivity contribution in [1.29, 1.82) is 0 Å². The van der Waals surface area contributed by atoms with E-state index in [4.69, 9.17) is 5.84 Å². The van der Waals surface area contributed by atoms with Gasteiger partial charge < -0.3 is 0 Å². The Kier molecular flexibility index (Phi) is 0.834. The number of nitrogens with zero attached hydrogens (tertiary/aromatic N) is 2. The summed E-state index contributed by atoms with van der Waals surface area (Å²) < 4.78 is 0. The lowest BCUT2D eigenvalue weighted by Gasteiger charge is -2.02. The van der Waals surface area contributed by atoms with Crippen LogP contribution in [0.5, 0.6) is 0 Å². The molecule has 1 rings (SSSR count). The SMILES string of the molecule is CN1[C+]=CN(N)N1. The van der Waals surface area contributed by atoms with Crippen molar-refractivity contribution in [2.24, 2.45) is 5.84 Å². The number of hydrazine groups is 3. The van der Waals surface area contributed by atoms with Gasteiger partial charge in [-0.05, 0) is 0 Å². The second-order valence-electron chi connectivity index (χ2n) is 1.32. The van der Waals surface area contributed by atoms with E-state index in [1.165, 1.54) is 5.12 Å². The molecule has 0 saturated heterocycles. The summed E-state index contributed by atoms with van der Waals surface area (Å²) in [4.78, 5) is 0. The summed E-state index contributed by atoms with van der Waals surface area (Å²) in [7, 11) is 1.81. The molecule has 4 heteroatoms. The molecule has 3 N–H and O–H groups in total. The number of rotatable bonds is 0. The lowest BCUT2D eigenvalue weighted by atomic mass is 10.9. The predicted molar refractivity (Wildman–Crippen MR) is 24.7 cm³/mol. The monoisotopic (exact) mass is 99.1 g/mol. The summed E-state index contributed by atoms with van der Waals surface area (Å²) in [5, 5.41) is 2.94. The first-order chi connectivity index (χ1) is 3.29. The summed E-state index contributed by atoms with van der Waals surface area (Å²) in [5.41, 5.74) is 2.69. The molecule has 1 aliphatic heterocycles. The van der Waals surface area contributed by atoms with Crippen molar-refractivity contribution >= 4 is 0 Å². The molecular weight excluding hydrogens is 92.1 g/mol. The van der Waals surface area contributed by atoms with E-state index in [-0.39, 0.29) is 0 Å². The van der Waals surface area contributed by atoms with Crippen molar-refractivity contribution in [1.82, 2.24) is 15.7 Å². The zero-order chi connectivity index (χ0) is 5.28. The summed E-state index contributed by atoms with van der Waals surface area (Å²) >= 11 is 0. The highest BCUT2D eigenvalue weighted by atomic mass is 15.8. The number of hydrogen-bond acceptors (Lipinski definition) is 4. The van der Waals surface area contributed by atoms with Crippen LogP contribution in [0, 0.1) is 6.20 Å². The minimum Gasteiger partial charge on any atom is -0.227 e. The van der Waals surface area contributed by atoms with Gasteiger partial charge in [0.05, 0.1) is 7.05 Å². The highest BCUT2D eigenvalue weighted by Crippen LogP contribution is 1.86. The zero-order valence-electron chi connectivity index (χ0n) is 4.05. The molecule has 0 bridgehead atoms. The van der Waals surface area contributed by atoms with E-state index in [9.17, 15) is 0 Å². The van der Waals surface area contributed by atoms with E-state index in [0.29, 0.717) is 0 Å². The Morgan fingerprint density at radius 1 is 1.86 bits per heavy atom. The van der Waals surface area contributed by atoms with E-state index in [2.05, 4.69) is 11.7 Å². The van der Waals surface area contributed by atoms with Crippen molar-refractivity contribution < 1.29 is 0 Å². The fourth-order valence-corrected chi connectivity index (χ4v) is 0.380. The Balaban J connectivity index is 2.42. The van der Waals surface area contributed by atoms with Gasteiger partial charge in [0.2, 0.25) is 0 Å². The molecule has 38 valence electrons. The molecule has 0 radical (unpaired) electrons. The molecule has 0 spiro atoms. The van der Waals surface area contributed by atoms with Gasteiger partial charge in [-0.15, -0.1) is 0 Å². The van der Waals surface area contributed by atoms with Crippen LogP contribution in [0.4, 0.5) is 0 Å². The van der Waals surface area contributed by atoms with E-state index < -0.39 is 0 Å². The third-order valence-electron chi connectivity index (χ3n) is 0.656. The Bertz CT molecular complexity index is 78.9. The van der Waals surface area contributed by atoms with Crippen molar-refractivity contribution in [3.05, 3.63) is 12.4 Å². The van der Waals surface area contributed by atoms with Gasteiger partial charge in [0.25, 0.3) is 0 Å². The van der Waals surface area contributed by atoms with Gasteiger partial charge >= 0.3 is 12.4 Å². The third kappa shape index (κ3) is 0.778. The summed E-state index contributed by atoms with van der Waals surface area (Å²) in [5.74, 6) is 5.19. The van der Waals surface area contributed by atoms with E-state index in [1.54, 1.807) is 11.2 Å². The van der Waals surface area contributed by atoms with Crippen LogP contribution in [-0.4, -0.2) is 17.2 Å². The van der Waals surface area contributed by atoms with Gasteiger partial charge in [0.15, 0.2) is 0 Å². The molecule has 1 aliphatic rings. The molecule has 0 aromatic carbocycles. The third-order valence-corrected chi connectivity index (χ3v) is 0.656. The van der Waals surface area contributed by atoms with Crippen LogP contribution in [0.25, 0.3) is 0 Å². The highest BCUT2D eigenvalue weighted by molar-refractivity contribution is 4.71. The van der Waals surface area contributed by atoms with E-state index in [0.717, 1.165) is 0 Å². The van der Waals surface area contributed by atoms with Gasteiger partial charge in [-0.3, -0.25) is 0 Å². The van der Waals surface area contributed by atoms with Crippen LogP contribution in [-0.2, 0) is 0 Å². The Morgan fingerprint density at radius 2 is 2.57 bits per heavy atom. The average Bonchev–Trinajstić information content (AvgIpc) is 1.87. The average molecular weight is 99.1 g/mol. The van der Waals surface area contributed by atoms with Gasteiger partial charge in [0.1, 0.15) is 0 Å². The minimum absolute atomic E-state index is 1.32. The fourth-order valence-electron chi connectivity index (χ4n) is 0.380. The zero-order valence-corrected chi connectivity index (χ0v) is 4.05. The molecule has 0 fully saturated rings. The largest absolute Gasteiger partial charge is 0.410 e. The predicted octanol–water partition coefficient (Wildman–Crippen LogP) is -1.20. The van der Waals surface area contributed by atoms with Crippen LogP contribution in [0.15, 0.2) is 6.20 Å². The maximum Gasteiger partial charge on any atom is 0.410 e.